The minimum Gasteiger partial charge on any atom is -0.497 e. The molecule has 0 unspecified atom stereocenters. The molecule has 2 aromatic carbocycles. The number of nitrogens with zero attached hydrogens (tertiary/aromatic N) is 3. The van der Waals surface area contributed by atoms with Gasteiger partial charge in [-0.15, -0.1) is 24.0 Å². The third-order valence-corrected chi connectivity index (χ3v) is 5.08. The molecule has 1 N–H and O–H groups in total. The first-order valence-corrected chi connectivity index (χ1v) is 9.71. The quantitative estimate of drug-likeness (QED) is 0.368. The van der Waals surface area contributed by atoms with E-state index in [4.69, 9.17) is 9.47 Å². The Labute approximate surface area is 190 Å². The first-order valence-electron chi connectivity index (χ1n) is 9.71. The highest BCUT2D eigenvalue weighted by Crippen LogP contribution is 2.20. The number of hydrogen-bond acceptors (Lipinski definition) is 4. The van der Waals surface area contributed by atoms with E-state index in [0.29, 0.717) is 0 Å². The van der Waals surface area contributed by atoms with E-state index in [1.54, 1.807) is 14.2 Å². The Bertz CT molecular complexity index is 757. The van der Waals surface area contributed by atoms with Crippen molar-refractivity contribution in [3.05, 3.63) is 54.1 Å². The Morgan fingerprint density at radius 1 is 0.897 bits per heavy atom. The molecule has 6 nitrogen and oxygen atoms in total. The van der Waals surface area contributed by atoms with E-state index < -0.39 is 0 Å². The number of rotatable bonds is 6. The van der Waals surface area contributed by atoms with E-state index in [2.05, 4.69) is 44.4 Å². The van der Waals surface area contributed by atoms with E-state index in [-0.39, 0.29) is 24.0 Å². The maximum atomic E-state index is 5.24. The summed E-state index contributed by atoms with van der Waals surface area (Å²) in [6.45, 7) is 4.72. The fourth-order valence-electron chi connectivity index (χ4n) is 3.41. The van der Waals surface area contributed by atoms with Crippen LogP contribution in [0.2, 0.25) is 0 Å². The molecule has 0 spiro atoms. The summed E-state index contributed by atoms with van der Waals surface area (Å²) >= 11 is 0. The van der Waals surface area contributed by atoms with Crippen LogP contribution >= 0.6 is 24.0 Å². The van der Waals surface area contributed by atoms with Gasteiger partial charge < -0.3 is 24.6 Å². The number of benzene rings is 2. The van der Waals surface area contributed by atoms with Crippen molar-refractivity contribution in [3.63, 3.8) is 0 Å². The highest BCUT2D eigenvalue weighted by Gasteiger charge is 2.19. The molecule has 2 aromatic rings. The van der Waals surface area contributed by atoms with Crippen LogP contribution in [0.25, 0.3) is 0 Å². The average molecular weight is 510 g/mol. The normalized spacial score (nSPS) is 14.2. The number of aliphatic imine (C=N–C) groups is 1. The van der Waals surface area contributed by atoms with Gasteiger partial charge in [-0.1, -0.05) is 12.1 Å². The number of hydrogen-bond donors (Lipinski definition) is 1. The van der Waals surface area contributed by atoms with Gasteiger partial charge in [-0.2, -0.15) is 0 Å². The number of ether oxygens (including phenoxy) is 2. The molecule has 158 valence electrons. The monoisotopic (exact) mass is 510 g/mol. The zero-order valence-corrected chi connectivity index (χ0v) is 19.8. The number of guanidine groups is 1. The molecule has 0 bridgehead atoms. The maximum absolute atomic E-state index is 5.24. The van der Waals surface area contributed by atoms with Crippen LogP contribution < -0.4 is 19.7 Å². The van der Waals surface area contributed by atoms with Gasteiger partial charge in [0.1, 0.15) is 11.5 Å². The Morgan fingerprint density at radius 2 is 1.45 bits per heavy atom. The molecule has 0 aromatic heterocycles. The molecule has 29 heavy (non-hydrogen) atoms. The Hall–Kier alpha value is -2.16. The number of nitrogens with one attached hydrogen (secondary N) is 1. The van der Waals surface area contributed by atoms with Gasteiger partial charge in [0.05, 0.1) is 14.2 Å². The van der Waals surface area contributed by atoms with E-state index in [0.717, 1.165) is 56.6 Å². The summed E-state index contributed by atoms with van der Waals surface area (Å²) in [7, 11) is 5.24. The lowest BCUT2D eigenvalue weighted by Crippen LogP contribution is -2.52. The first-order chi connectivity index (χ1) is 13.7. The topological polar surface area (TPSA) is 49.3 Å². The molecule has 0 amide bonds. The molecule has 1 aliphatic rings. The van der Waals surface area contributed by atoms with Gasteiger partial charge in [-0.05, 0) is 48.4 Å². The van der Waals surface area contributed by atoms with Crippen molar-refractivity contribution >= 4 is 35.6 Å². The smallest absolute Gasteiger partial charge is 0.193 e. The second-order valence-corrected chi connectivity index (χ2v) is 6.74. The van der Waals surface area contributed by atoms with Crippen LogP contribution in [-0.4, -0.2) is 64.9 Å². The van der Waals surface area contributed by atoms with Crippen LogP contribution in [0.15, 0.2) is 53.5 Å². The Balaban J connectivity index is 0.00000300. The fraction of sp³-hybridized carbons (Fsp3) is 0.409. The molecular formula is C22H31IN4O2. The number of halogens is 1. The summed E-state index contributed by atoms with van der Waals surface area (Å²) < 4.78 is 10.5. The lowest BCUT2D eigenvalue weighted by atomic mass is 10.1. The predicted molar refractivity (Wildman–Crippen MR) is 130 cm³/mol. The van der Waals surface area contributed by atoms with Gasteiger partial charge in [0.25, 0.3) is 0 Å². The molecule has 0 atom stereocenters. The molecular weight excluding hydrogens is 479 g/mol. The summed E-state index contributed by atoms with van der Waals surface area (Å²) in [5.41, 5.74) is 2.52. The number of methoxy groups -OCH3 is 2. The summed E-state index contributed by atoms with van der Waals surface area (Å²) in [6, 6.07) is 16.5. The van der Waals surface area contributed by atoms with E-state index in [9.17, 15) is 0 Å². The van der Waals surface area contributed by atoms with Crippen LogP contribution in [0.4, 0.5) is 5.69 Å². The zero-order valence-electron chi connectivity index (χ0n) is 17.4. The van der Waals surface area contributed by atoms with Crippen molar-refractivity contribution in [3.8, 4) is 11.5 Å². The second-order valence-electron chi connectivity index (χ2n) is 6.74. The molecule has 7 heteroatoms. The lowest BCUT2D eigenvalue weighted by molar-refractivity contribution is 0.373. The molecule has 1 aliphatic heterocycles. The van der Waals surface area contributed by atoms with Crippen molar-refractivity contribution in [1.82, 2.24) is 10.2 Å². The second kappa shape index (κ2) is 11.7. The molecule has 3 rings (SSSR count). The largest absolute Gasteiger partial charge is 0.497 e. The zero-order chi connectivity index (χ0) is 19.8. The van der Waals surface area contributed by atoms with Gasteiger partial charge >= 0.3 is 0 Å². The fourth-order valence-corrected chi connectivity index (χ4v) is 3.41. The van der Waals surface area contributed by atoms with Gasteiger partial charge in [-0.3, -0.25) is 4.99 Å². The average Bonchev–Trinajstić information content (AvgIpc) is 2.77. The van der Waals surface area contributed by atoms with Gasteiger partial charge in [-0.25, -0.2) is 0 Å². The van der Waals surface area contributed by atoms with E-state index >= 15 is 0 Å². The minimum absolute atomic E-state index is 0. The van der Waals surface area contributed by atoms with Crippen molar-refractivity contribution < 1.29 is 9.47 Å². The van der Waals surface area contributed by atoms with Crippen molar-refractivity contribution in [2.24, 2.45) is 4.99 Å². The van der Waals surface area contributed by atoms with Crippen LogP contribution in [-0.2, 0) is 6.42 Å². The lowest BCUT2D eigenvalue weighted by Gasteiger charge is -2.37. The van der Waals surface area contributed by atoms with Crippen molar-refractivity contribution in [2.45, 2.75) is 6.42 Å². The van der Waals surface area contributed by atoms with Crippen molar-refractivity contribution in [2.75, 3.05) is 58.9 Å². The summed E-state index contributed by atoms with van der Waals surface area (Å²) in [5.74, 6) is 2.76. The SMILES string of the molecule is CN=C(NCCc1ccc(OC)cc1)N1CCN(c2ccc(OC)cc2)CC1.I. The highest BCUT2D eigenvalue weighted by molar-refractivity contribution is 14.0. The molecule has 1 heterocycles. The summed E-state index contributed by atoms with van der Waals surface area (Å²) in [4.78, 5) is 9.20. The number of piperazine rings is 1. The third-order valence-electron chi connectivity index (χ3n) is 5.08. The number of anilines is 1. The molecule has 1 saturated heterocycles. The molecule has 0 aliphatic carbocycles. The van der Waals surface area contributed by atoms with Crippen LogP contribution in [0, 0.1) is 0 Å². The highest BCUT2D eigenvalue weighted by atomic mass is 127. The van der Waals surface area contributed by atoms with Gasteiger partial charge in [0, 0.05) is 45.5 Å². The third kappa shape index (κ3) is 6.42. The molecule has 1 fully saturated rings. The van der Waals surface area contributed by atoms with Gasteiger partial charge in [0.2, 0.25) is 0 Å². The van der Waals surface area contributed by atoms with Crippen LogP contribution in [0.5, 0.6) is 11.5 Å². The predicted octanol–water partition coefficient (Wildman–Crippen LogP) is 3.26. The Kier molecular flexibility index (Phi) is 9.37. The summed E-state index contributed by atoms with van der Waals surface area (Å²) in [5, 5.41) is 3.50. The molecule has 0 radical (unpaired) electrons. The first kappa shape index (κ1) is 23.1. The van der Waals surface area contributed by atoms with Gasteiger partial charge in [0.15, 0.2) is 5.96 Å². The van der Waals surface area contributed by atoms with E-state index in [1.807, 2.05) is 31.3 Å². The Morgan fingerprint density at radius 3 is 1.97 bits per heavy atom. The standard InChI is InChI=1S/C22H30N4O2.HI/c1-23-22(24-13-12-18-4-8-20(27-2)9-5-18)26-16-14-25(15-17-26)19-6-10-21(28-3)11-7-19;/h4-11H,12-17H2,1-3H3,(H,23,24);1H. The van der Waals surface area contributed by atoms with Crippen molar-refractivity contribution in [1.29, 1.82) is 0 Å². The van der Waals surface area contributed by atoms with E-state index in [1.165, 1.54) is 11.3 Å². The van der Waals surface area contributed by atoms with Crippen LogP contribution in [0.3, 0.4) is 0 Å². The maximum Gasteiger partial charge on any atom is 0.193 e. The van der Waals surface area contributed by atoms with Crippen LogP contribution in [0.1, 0.15) is 5.56 Å². The minimum atomic E-state index is 0. The summed E-state index contributed by atoms with van der Waals surface area (Å²) in [6.07, 6.45) is 0.953. The molecule has 0 saturated carbocycles.